The first-order chi connectivity index (χ1) is 9.50. The van der Waals surface area contributed by atoms with Crippen LogP contribution in [-0.2, 0) is 0 Å². The van der Waals surface area contributed by atoms with Crippen LogP contribution < -0.4 is 10.9 Å². The third-order valence-corrected chi connectivity index (χ3v) is 2.83. The van der Waals surface area contributed by atoms with Gasteiger partial charge < -0.3 is 14.6 Å². The van der Waals surface area contributed by atoms with Gasteiger partial charge in [0.25, 0.3) is 0 Å². The molecule has 106 valence electrons. The van der Waals surface area contributed by atoms with Gasteiger partial charge in [-0.25, -0.2) is 4.79 Å². The number of anilines is 1. The highest BCUT2D eigenvalue weighted by Crippen LogP contribution is 2.29. The van der Waals surface area contributed by atoms with Gasteiger partial charge in [-0.15, -0.1) is 0 Å². The Morgan fingerprint density at radius 1 is 1.35 bits per heavy atom. The first kappa shape index (κ1) is 14.0. The van der Waals surface area contributed by atoms with Gasteiger partial charge >= 0.3 is 11.3 Å². The number of hydrogen-bond acceptors (Lipinski definition) is 6. The third-order valence-electron chi connectivity index (χ3n) is 2.83. The molecule has 0 amide bonds. The largest absolute Gasteiger partial charge is 0.418 e. The number of hydrogen-bond donors (Lipinski definition) is 1. The van der Waals surface area contributed by atoms with Crippen LogP contribution in [0.4, 0.5) is 11.4 Å². The maximum Gasteiger partial charge on any atom is 0.417 e. The summed E-state index contributed by atoms with van der Waals surface area (Å²) in [6, 6.07) is 6.74. The van der Waals surface area contributed by atoms with Gasteiger partial charge in [-0.2, -0.15) is 0 Å². The Balaban J connectivity index is 2.54. The monoisotopic (exact) mass is 277 g/mol. The van der Waals surface area contributed by atoms with Crippen LogP contribution in [0.3, 0.4) is 0 Å². The summed E-state index contributed by atoms with van der Waals surface area (Å²) in [5, 5.41) is 14.6. The number of nitrogens with one attached hydrogen (secondary N) is 1. The van der Waals surface area contributed by atoms with E-state index in [4.69, 9.17) is 4.42 Å². The van der Waals surface area contributed by atoms with Crippen LogP contribution in [0.5, 0.6) is 0 Å². The van der Waals surface area contributed by atoms with Crippen molar-refractivity contribution in [3.8, 4) is 0 Å². The van der Waals surface area contributed by atoms with Gasteiger partial charge in [0.2, 0.25) is 0 Å². The predicted molar refractivity (Wildman–Crippen MR) is 76.2 cm³/mol. The molecule has 0 unspecified atom stereocenters. The molecule has 2 aromatic rings. The van der Waals surface area contributed by atoms with E-state index in [1.165, 1.54) is 0 Å². The molecule has 0 fully saturated rings. The normalized spacial score (nSPS) is 10.9. The average molecular weight is 277 g/mol. The lowest BCUT2D eigenvalue weighted by Gasteiger charge is -2.12. The molecular formula is C13H15N3O4. The van der Waals surface area contributed by atoms with Crippen LogP contribution in [0.2, 0.25) is 0 Å². The van der Waals surface area contributed by atoms with Gasteiger partial charge in [-0.3, -0.25) is 10.1 Å². The van der Waals surface area contributed by atoms with Crippen molar-refractivity contribution in [1.29, 1.82) is 0 Å². The minimum absolute atomic E-state index is 0.212. The Morgan fingerprint density at radius 3 is 2.70 bits per heavy atom. The second-order valence-electron chi connectivity index (χ2n) is 4.60. The quantitative estimate of drug-likeness (QED) is 0.508. The Hall–Kier alpha value is -2.41. The molecule has 0 spiro atoms. The summed E-state index contributed by atoms with van der Waals surface area (Å²) in [6.07, 6.45) is 0. The van der Waals surface area contributed by atoms with Crippen LogP contribution in [0.1, 0.15) is 0 Å². The van der Waals surface area contributed by atoms with E-state index < -0.39 is 16.2 Å². The summed E-state index contributed by atoms with van der Waals surface area (Å²) >= 11 is 0. The molecule has 7 nitrogen and oxygen atoms in total. The van der Waals surface area contributed by atoms with Crippen molar-refractivity contribution in [2.75, 3.05) is 32.5 Å². The zero-order chi connectivity index (χ0) is 14.7. The molecule has 0 saturated heterocycles. The number of rotatable bonds is 5. The van der Waals surface area contributed by atoms with Crippen molar-refractivity contribution in [2.45, 2.75) is 0 Å². The number of nitro groups is 1. The molecule has 7 heteroatoms. The molecule has 1 aromatic carbocycles. The smallest absolute Gasteiger partial charge is 0.417 e. The van der Waals surface area contributed by atoms with Crippen LogP contribution >= 0.6 is 0 Å². The standard InChI is InChI=1S/C13H15N3O4/c1-15(2)8-7-14-11-9-5-3-4-6-10(9)20-13(17)12(11)16(18)19/h3-6,14H,7-8H2,1-2H3. The SMILES string of the molecule is CN(C)CCNc1c([N+](=O)[O-])c(=O)oc2ccccc12. The molecule has 0 atom stereocenters. The highest BCUT2D eigenvalue weighted by atomic mass is 16.6. The molecule has 0 aliphatic rings. The van der Waals surface area contributed by atoms with E-state index in [1.807, 2.05) is 19.0 Å². The maximum atomic E-state index is 11.7. The minimum Gasteiger partial charge on any atom is -0.418 e. The van der Waals surface area contributed by atoms with Crippen molar-refractivity contribution in [3.63, 3.8) is 0 Å². The van der Waals surface area contributed by atoms with Crippen molar-refractivity contribution < 1.29 is 9.34 Å². The molecule has 0 aliphatic heterocycles. The summed E-state index contributed by atoms with van der Waals surface area (Å²) in [5.74, 6) is 0. The first-order valence-corrected chi connectivity index (χ1v) is 6.09. The van der Waals surface area contributed by atoms with Crippen molar-refractivity contribution in [3.05, 3.63) is 44.8 Å². The highest BCUT2D eigenvalue weighted by molar-refractivity contribution is 5.94. The van der Waals surface area contributed by atoms with E-state index in [0.29, 0.717) is 24.1 Å². The number of likely N-dealkylation sites (N-methyl/N-ethyl adjacent to an activating group) is 1. The second kappa shape index (κ2) is 5.70. The van der Waals surface area contributed by atoms with Crippen LogP contribution in [0.15, 0.2) is 33.5 Å². The molecule has 1 heterocycles. The Kier molecular flexibility index (Phi) is 3.99. The molecule has 1 N–H and O–H groups in total. The summed E-state index contributed by atoms with van der Waals surface area (Å²) in [4.78, 5) is 24.0. The van der Waals surface area contributed by atoms with E-state index in [2.05, 4.69) is 5.32 Å². The molecular weight excluding hydrogens is 262 g/mol. The van der Waals surface area contributed by atoms with Crippen molar-refractivity contribution >= 4 is 22.3 Å². The molecule has 0 aliphatic carbocycles. The van der Waals surface area contributed by atoms with E-state index in [9.17, 15) is 14.9 Å². The number of benzene rings is 1. The van der Waals surface area contributed by atoms with Gasteiger partial charge in [0.05, 0.1) is 4.92 Å². The topological polar surface area (TPSA) is 88.6 Å². The molecule has 2 rings (SSSR count). The zero-order valence-electron chi connectivity index (χ0n) is 11.3. The van der Waals surface area contributed by atoms with E-state index in [1.54, 1.807) is 24.3 Å². The highest BCUT2D eigenvalue weighted by Gasteiger charge is 2.24. The lowest BCUT2D eigenvalue weighted by atomic mass is 10.2. The predicted octanol–water partition coefficient (Wildman–Crippen LogP) is 1.67. The van der Waals surface area contributed by atoms with Crippen LogP contribution in [0, 0.1) is 10.1 Å². The molecule has 20 heavy (non-hydrogen) atoms. The molecule has 1 aromatic heterocycles. The lowest BCUT2D eigenvalue weighted by Crippen LogP contribution is -2.22. The first-order valence-electron chi connectivity index (χ1n) is 6.09. The fourth-order valence-corrected chi connectivity index (χ4v) is 1.89. The van der Waals surface area contributed by atoms with E-state index in [-0.39, 0.29) is 5.69 Å². The van der Waals surface area contributed by atoms with Gasteiger partial charge in [0, 0.05) is 18.5 Å². The maximum absolute atomic E-state index is 11.7. The summed E-state index contributed by atoms with van der Waals surface area (Å²) in [6.45, 7) is 1.17. The van der Waals surface area contributed by atoms with Gasteiger partial charge in [0.15, 0.2) is 0 Å². The molecule has 0 bridgehead atoms. The van der Waals surface area contributed by atoms with Crippen LogP contribution in [0.25, 0.3) is 11.0 Å². The van der Waals surface area contributed by atoms with E-state index in [0.717, 1.165) is 0 Å². The van der Waals surface area contributed by atoms with Crippen LogP contribution in [-0.4, -0.2) is 37.0 Å². The van der Waals surface area contributed by atoms with Crippen molar-refractivity contribution in [1.82, 2.24) is 4.90 Å². The lowest BCUT2D eigenvalue weighted by molar-refractivity contribution is -0.386. The molecule has 0 radical (unpaired) electrons. The summed E-state index contributed by atoms with van der Waals surface area (Å²) < 4.78 is 4.97. The average Bonchev–Trinajstić information content (AvgIpc) is 2.37. The van der Waals surface area contributed by atoms with E-state index >= 15 is 0 Å². The number of fused-ring (bicyclic) bond motifs is 1. The van der Waals surface area contributed by atoms with Crippen molar-refractivity contribution in [2.24, 2.45) is 0 Å². The van der Waals surface area contributed by atoms with Gasteiger partial charge in [0.1, 0.15) is 11.3 Å². The second-order valence-corrected chi connectivity index (χ2v) is 4.60. The van der Waals surface area contributed by atoms with Gasteiger partial charge in [-0.05, 0) is 26.2 Å². The fourth-order valence-electron chi connectivity index (χ4n) is 1.89. The summed E-state index contributed by atoms with van der Waals surface area (Å²) in [7, 11) is 3.79. The minimum atomic E-state index is -0.943. The Labute approximate surface area is 115 Å². The Bertz CT molecular complexity index is 694. The number of para-hydroxylation sites is 1. The molecule has 0 saturated carbocycles. The van der Waals surface area contributed by atoms with Gasteiger partial charge in [-0.1, -0.05) is 12.1 Å². The Morgan fingerprint density at radius 2 is 2.05 bits per heavy atom. The third kappa shape index (κ3) is 2.77. The number of nitrogens with zero attached hydrogens (tertiary/aromatic N) is 2. The fraction of sp³-hybridized carbons (Fsp3) is 0.308. The zero-order valence-corrected chi connectivity index (χ0v) is 11.3. The summed E-state index contributed by atoms with van der Waals surface area (Å²) in [5.41, 5.74) is -0.956.